The summed E-state index contributed by atoms with van der Waals surface area (Å²) in [5.41, 5.74) is 2.65. The van der Waals surface area contributed by atoms with Gasteiger partial charge in [0.1, 0.15) is 0 Å². The van der Waals surface area contributed by atoms with Crippen LogP contribution in [0.15, 0.2) is 53.1 Å². The van der Waals surface area contributed by atoms with E-state index in [9.17, 15) is 4.79 Å². The van der Waals surface area contributed by atoms with Gasteiger partial charge in [0.2, 0.25) is 11.7 Å². The molecule has 2 aromatic carbocycles. The number of likely N-dealkylation sites (tertiary alicyclic amines) is 1. The molecule has 0 atom stereocenters. The van der Waals surface area contributed by atoms with E-state index in [-0.39, 0.29) is 11.9 Å². The Morgan fingerprint density at radius 1 is 1.14 bits per heavy atom. The number of piperidine rings is 1. The summed E-state index contributed by atoms with van der Waals surface area (Å²) in [5, 5.41) is 7.66. The van der Waals surface area contributed by atoms with Crippen LogP contribution >= 0.6 is 11.6 Å². The van der Waals surface area contributed by atoms with Crippen LogP contribution in [0.25, 0.3) is 11.4 Å². The van der Waals surface area contributed by atoms with Gasteiger partial charge in [-0.15, -0.1) is 0 Å². The van der Waals surface area contributed by atoms with Gasteiger partial charge in [0.05, 0.1) is 5.02 Å². The lowest BCUT2D eigenvalue weighted by molar-refractivity contribution is 0.187. The van der Waals surface area contributed by atoms with Gasteiger partial charge in [-0.3, -0.25) is 0 Å². The molecule has 1 N–H and O–H groups in total. The number of benzene rings is 2. The van der Waals surface area contributed by atoms with Crippen molar-refractivity contribution in [1.29, 1.82) is 0 Å². The molecule has 6 nitrogen and oxygen atoms in total. The maximum Gasteiger partial charge on any atom is 0.321 e. The number of para-hydroxylation sites is 1. The minimum Gasteiger partial charge on any atom is -0.339 e. The highest BCUT2D eigenvalue weighted by molar-refractivity contribution is 6.33. The molecule has 0 radical (unpaired) electrons. The van der Waals surface area contributed by atoms with Crippen molar-refractivity contribution in [3.05, 3.63) is 65.0 Å². The molecule has 2 heterocycles. The van der Waals surface area contributed by atoms with E-state index in [1.54, 1.807) is 6.07 Å². The summed E-state index contributed by atoms with van der Waals surface area (Å²) < 4.78 is 5.48. The second kappa shape index (κ2) is 8.02. The third kappa shape index (κ3) is 3.87. The monoisotopic (exact) mass is 396 g/mol. The lowest BCUT2D eigenvalue weighted by Gasteiger charge is -2.30. The summed E-state index contributed by atoms with van der Waals surface area (Å²) in [7, 11) is 0. The second-order valence-electron chi connectivity index (χ2n) is 6.94. The highest BCUT2D eigenvalue weighted by Gasteiger charge is 2.28. The zero-order chi connectivity index (χ0) is 19.5. The van der Waals surface area contributed by atoms with Crippen LogP contribution in [0.1, 0.15) is 30.2 Å². The summed E-state index contributed by atoms with van der Waals surface area (Å²) in [6, 6.07) is 15.1. The van der Waals surface area contributed by atoms with Crippen LogP contribution in [-0.4, -0.2) is 34.2 Å². The van der Waals surface area contributed by atoms with Crippen LogP contribution in [-0.2, 0) is 0 Å². The minimum atomic E-state index is -0.0740. The zero-order valence-electron chi connectivity index (χ0n) is 15.6. The molecule has 7 heteroatoms. The summed E-state index contributed by atoms with van der Waals surface area (Å²) >= 11 is 6.21. The van der Waals surface area contributed by atoms with E-state index in [0.717, 1.165) is 29.7 Å². The van der Waals surface area contributed by atoms with Gasteiger partial charge in [0.15, 0.2) is 0 Å². The topological polar surface area (TPSA) is 71.3 Å². The highest BCUT2D eigenvalue weighted by Crippen LogP contribution is 2.31. The Kier molecular flexibility index (Phi) is 5.30. The molecular formula is C21H21ClN4O2. The first-order valence-electron chi connectivity index (χ1n) is 9.32. The molecule has 1 aromatic heterocycles. The summed E-state index contributed by atoms with van der Waals surface area (Å²) in [6.07, 6.45) is 1.57. The van der Waals surface area contributed by atoms with Crippen LogP contribution in [0.3, 0.4) is 0 Å². The number of rotatable bonds is 3. The first-order chi connectivity index (χ1) is 13.6. The fraction of sp³-hybridized carbons (Fsp3) is 0.286. The third-order valence-corrected chi connectivity index (χ3v) is 5.40. The van der Waals surface area contributed by atoms with E-state index < -0.39 is 0 Å². The van der Waals surface area contributed by atoms with Crippen LogP contribution in [0.2, 0.25) is 5.02 Å². The standard InChI is InChI=1S/C21H21ClN4O2/c1-14-6-2-5-9-18(14)23-21(27)26-12-10-15(11-13-26)20-24-19(25-28-20)16-7-3-4-8-17(16)22/h2-9,15H,10-13H2,1H3,(H,23,27). The van der Waals surface area contributed by atoms with Crippen LogP contribution in [0.4, 0.5) is 10.5 Å². The molecule has 1 aliphatic heterocycles. The number of aromatic nitrogens is 2. The Hall–Kier alpha value is -2.86. The lowest BCUT2D eigenvalue weighted by atomic mass is 9.97. The molecule has 0 aliphatic carbocycles. The average molecular weight is 397 g/mol. The van der Waals surface area contributed by atoms with Crippen molar-refractivity contribution < 1.29 is 9.32 Å². The number of hydrogen-bond donors (Lipinski definition) is 1. The van der Waals surface area contributed by atoms with Gasteiger partial charge < -0.3 is 14.7 Å². The molecule has 0 unspecified atom stereocenters. The van der Waals surface area contributed by atoms with Crippen molar-refractivity contribution in [2.75, 3.05) is 18.4 Å². The molecule has 28 heavy (non-hydrogen) atoms. The molecule has 0 saturated carbocycles. The van der Waals surface area contributed by atoms with Crippen molar-refractivity contribution >= 4 is 23.3 Å². The van der Waals surface area contributed by atoms with Gasteiger partial charge in [-0.1, -0.05) is 47.1 Å². The minimum absolute atomic E-state index is 0.0740. The first-order valence-corrected chi connectivity index (χ1v) is 9.69. The summed E-state index contributed by atoms with van der Waals surface area (Å²) in [4.78, 5) is 18.9. The van der Waals surface area contributed by atoms with Crippen LogP contribution < -0.4 is 5.32 Å². The largest absolute Gasteiger partial charge is 0.339 e. The van der Waals surface area contributed by atoms with Gasteiger partial charge >= 0.3 is 6.03 Å². The molecule has 2 amide bonds. The number of halogens is 1. The van der Waals surface area contributed by atoms with E-state index in [1.807, 2.05) is 54.3 Å². The van der Waals surface area contributed by atoms with Gasteiger partial charge in [0.25, 0.3) is 0 Å². The predicted octanol–water partition coefficient (Wildman–Crippen LogP) is 5.11. The van der Waals surface area contributed by atoms with Gasteiger partial charge in [-0.05, 0) is 43.5 Å². The number of amides is 2. The van der Waals surface area contributed by atoms with E-state index in [1.165, 1.54) is 0 Å². The van der Waals surface area contributed by atoms with Crippen molar-refractivity contribution in [2.24, 2.45) is 0 Å². The van der Waals surface area contributed by atoms with Gasteiger partial charge in [0, 0.05) is 30.3 Å². The summed E-state index contributed by atoms with van der Waals surface area (Å²) in [5.74, 6) is 1.25. The summed E-state index contributed by atoms with van der Waals surface area (Å²) in [6.45, 7) is 3.27. The molecule has 1 fully saturated rings. The fourth-order valence-electron chi connectivity index (χ4n) is 3.39. The molecule has 144 valence electrons. The Balaban J connectivity index is 1.37. The number of aryl methyl sites for hydroxylation is 1. The number of nitrogens with zero attached hydrogens (tertiary/aromatic N) is 3. The molecule has 1 saturated heterocycles. The van der Waals surface area contributed by atoms with Gasteiger partial charge in [-0.25, -0.2) is 4.79 Å². The van der Waals surface area contributed by atoms with E-state index >= 15 is 0 Å². The fourth-order valence-corrected chi connectivity index (χ4v) is 3.61. The number of nitrogens with one attached hydrogen (secondary N) is 1. The van der Waals surface area contributed by atoms with E-state index in [0.29, 0.717) is 29.8 Å². The quantitative estimate of drug-likeness (QED) is 0.667. The molecule has 0 bridgehead atoms. The maximum absolute atomic E-state index is 12.5. The van der Waals surface area contributed by atoms with Crippen molar-refractivity contribution in [1.82, 2.24) is 15.0 Å². The molecule has 1 aliphatic rings. The Morgan fingerprint density at radius 3 is 2.61 bits per heavy atom. The third-order valence-electron chi connectivity index (χ3n) is 5.07. The average Bonchev–Trinajstić information content (AvgIpc) is 3.20. The van der Waals surface area contributed by atoms with Crippen LogP contribution in [0, 0.1) is 6.92 Å². The lowest BCUT2D eigenvalue weighted by Crippen LogP contribution is -2.40. The van der Waals surface area contributed by atoms with E-state index in [4.69, 9.17) is 16.1 Å². The van der Waals surface area contributed by atoms with Gasteiger partial charge in [-0.2, -0.15) is 4.98 Å². The smallest absolute Gasteiger partial charge is 0.321 e. The van der Waals surface area contributed by atoms with E-state index in [2.05, 4.69) is 15.5 Å². The van der Waals surface area contributed by atoms with Crippen molar-refractivity contribution in [2.45, 2.75) is 25.7 Å². The number of carbonyl (C=O) groups is 1. The highest BCUT2D eigenvalue weighted by atomic mass is 35.5. The predicted molar refractivity (Wildman–Crippen MR) is 108 cm³/mol. The second-order valence-corrected chi connectivity index (χ2v) is 7.35. The van der Waals surface area contributed by atoms with Crippen LogP contribution in [0.5, 0.6) is 0 Å². The molecule has 3 aromatic rings. The Bertz CT molecular complexity index is 980. The maximum atomic E-state index is 12.5. The van der Waals surface area contributed by atoms with Crippen molar-refractivity contribution in [3.63, 3.8) is 0 Å². The normalized spacial score (nSPS) is 14.9. The molecule has 0 spiro atoms. The first kappa shape index (κ1) is 18.5. The Labute approximate surface area is 168 Å². The number of carbonyl (C=O) groups excluding carboxylic acids is 1. The Morgan fingerprint density at radius 2 is 1.86 bits per heavy atom. The number of hydrogen-bond acceptors (Lipinski definition) is 4. The molecule has 4 rings (SSSR count). The zero-order valence-corrected chi connectivity index (χ0v) is 16.3. The SMILES string of the molecule is Cc1ccccc1NC(=O)N1CCC(c2nc(-c3ccccc3Cl)no2)CC1. The molecular weight excluding hydrogens is 376 g/mol. The number of anilines is 1. The van der Waals surface area contributed by atoms with Crippen molar-refractivity contribution in [3.8, 4) is 11.4 Å². The number of urea groups is 1.